The van der Waals surface area contributed by atoms with Crippen molar-refractivity contribution in [3.63, 3.8) is 0 Å². The lowest BCUT2D eigenvalue weighted by molar-refractivity contribution is -0.149. The van der Waals surface area contributed by atoms with Crippen LogP contribution in [-0.4, -0.2) is 55.3 Å². The van der Waals surface area contributed by atoms with E-state index in [4.69, 9.17) is 19.2 Å². The third-order valence-electron chi connectivity index (χ3n) is 9.51. The summed E-state index contributed by atoms with van der Waals surface area (Å²) >= 11 is 0. The number of nitrogens with zero attached hydrogens (tertiary/aromatic N) is 3. The number of hydrogen-bond donors (Lipinski definition) is 0. The summed E-state index contributed by atoms with van der Waals surface area (Å²) in [7, 11) is 2.66. The topological polar surface area (TPSA) is 81.2 Å². The smallest absolute Gasteiger partial charge is 0.416 e. The number of hydrogen-bond acceptors (Lipinski definition) is 7. The largest absolute Gasteiger partial charge is 0.496 e. The van der Waals surface area contributed by atoms with Crippen molar-refractivity contribution in [3.8, 4) is 16.9 Å². The van der Waals surface area contributed by atoms with E-state index in [1.807, 2.05) is 4.90 Å². The number of rotatable bonds is 8. The van der Waals surface area contributed by atoms with Crippen molar-refractivity contribution >= 4 is 17.9 Å². The van der Waals surface area contributed by atoms with Crippen molar-refractivity contribution in [2.75, 3.05) is 32.2 Å². The predicted octanol–water partition coefficient (Wildman–Crippen LogP) is 7.89. The van der Waals surface area contributed by atoms with Crippen LogP contribution in [0.4, 0.5) is 41.3 Å². The first-order valence-corrected chi connectivity index (χ1v) is 15.6. The monoisotopic (exact) mass is 695 g/mol. The summed E-state index contributed by atoms with van der Waals surface area (Å²) < 4.78 is 113. The number of aromatic nitrogens is 1. The van der Waals surface area contributed by atoms with Crippen molar-refractivity contribution in [2.24, 2.45) is 5.92 Å². The fraction of sp³-hybridized carbons (Fsp3) is 0.441. The number of pyridine rings is 1. The summed E-state index contributed by atoms with van der Waals surface area (Å²) in [5, 5.41) is 0. The van der Waals surface area contributed by atoms with Gasteiger partial charge in [0.05, 0.1) is 49.5 Å². The van der Waals surface area contributed by atoms with Crippen LogP contribution in [-0.2, 0) is 33.2 Å². The van der Waals surface area contributed by atoms with E-state index in [0.29, 0.717) is 53.2 Å². The van der Waals surface area contributed by atoms with Gasteiger partial charge in [-0.25, -0.2) is 14.2 Å². The Bertz CT molecular complexity index is 1740. The Morgan fingerprint density at radius 1 is 0.959 bits per heavy atom. The third kappa shape index (κ3) is 6.58. The molecule has 2 aromatic carbocycles. The molecule has 1 amide bonds. The number of carbonyl (C=O) groups is 2. The highest BCUT2D eigenvalue weighted by molar-refractivity contribution is 5.77. The van der Waals surface area contributed by atoms with E-state index in [1.165, 1.54) is 32.1 Å². The lowest BCUT2D eigenvalue weighted by Gasteiger charge is -2.34. The molecule has 3 aromatic rings. The lowest BCUT2D eigenvalue weighted by Crippen LogP contribution is -2.38. The molecule has 2 atom stereocenters. The molecule has 1 aromatic heterocycles. The number of methoxy groups -OCH3 is 2. The fourth-order valence-corrected chi connectivity index (χ4v) is 6.54. The molecule has 0 spiro atoms. The van der Waals surface area contributed by atoms with Gasteiger partial charge in [0.2, 0.25) is 0 Å². The zero-order chi connectivity index (χ0) is 35.4. The van der Waals surface area contributed by atoms with Gasteiger partial charge in [0.25, 0.3) is 0 Å². The van der Waals surface area contributed by atoms with Gasteiger partial charge in [-0.05, 0) is 79.6 Å². The van der Waals surface area contributed by atoms with Crippen LogP contribution in [0.15, 0.2) is 42.5 Å². The van der Waals surface area contributed by atoms with Gasteiger partial charge in [0, 0.05) is 30.3 Å². The van der Waals surface area contributed by atoms with Gasteiger partial charge in [-0.1, -0.05) is 0 Å². The van der Waals surface area contributed by atoms with Gasteiger partial charge < -0.3 is 19.1 Å². The first-order valence-electron chi connectivity index (χ1n) is 15.6. The zero-order valence-corrected chi connectivity index (χ0v) is 26.6. The Morgan fingerprint density at radius 2 is 1.61 bits per heavy atom. The average molecular weight is 696 g/mol. The standard InChI is InChI=1S/C34H32F7N3O5/c1-17-30(19-11-21(33(36,37)38)13-22(12-19)34(39,40)41)49-32(46)44(17)16-27-23(5-6-29(42-27)43-7-4-8-43)25-14-24(26(35)15-28(25)47-2)18-9-20(10-18)31(45)48-3/h5-6,11-15,17-18,20,30H,4,7-10,16H2,1-3H3/t17-,18-,20-,30-/m0/s1. The third-order valence-corrected chi connectivity index (χ3v) is 9.51. The molecular weight excluding hydrogens is 663 g/mol. The Morgan fingerprint density at radius 3 is 2.16 bits per heavy atom. The molecule has 1 aliphatic carbocycles. The maximum Gasteiger partial charge on any atom is 0.416 e. The molecule has 15 heteroatoms. The van der Waals surface area contributed by atoms with E-state index < -0.39 is 53.1 Å². The number of esters is 1. The van der Waals surface area contributed by atoms with Crippen molar-refractivity contribution in [2.45, 2.75) is 63.1 Å². The zero-order valence-electron chi connectivity index (χ0n) is 26.6. The molecular formula is C34H32F7N3O5. The number of cyclic esters (lactones) is 1. The highest BCUT2D eigenvalue weighted by atomic mass is 19.4. The number of alkyl halides is 6. The summed E-state index contributed by atoms with van der Waals surface area (Å²) in [6.45, 7) is 2.70. The molecule has 8 nitrogen and oxygen atoms in total. The van der Waals surface area contributed by atoms with E-state index in [0.717, 1.165) is 19.5 Å². The first kappa shape index (κ1) is 34.3. The number of amides is 1. The van der Waals surface area contributed by atoms with Crippen molar-refractivity contribution in [1.82, 2.24) is 9.88 Å². The summed E-state index contributed by atoms with van der Waals surface area (Å²) in [6, 6.07) is 6.49. The molecule has 3 heterocycles. The maximum atomic E-state index is 15.3. The number of benzene rings is 2. The quantitative estimate of drug-likeness (QED) is 0.175. The number of ether oxygens (including phenoxy) is 3. The van der Waals surface area contributed by atoms with E-state index in [-0.39, 0.29) is 36.2 Å². The predicted molar refractivity (Wildman–Crippen MR) is 161 cm³/mol. The fourth-order valence-electron chi connectivity index (χ4n) is 6.54. The van der Waals surface area contributed by atoms with Crippen molar-refractivity contribution in [1.29, 1.82) is 0 Å². The van der Waals surface area contributed by atoms with Crippen molar-refractivity contribution in [3.05, 3.63) is 76.2 Å². The molecule has 3 aliphatic rings. The molecule has 6 rings (SSSR count). The Hall–Kier alpha value is -4.56. The molecule has 3 fully saturated rings. The van der Waals surface area contributed by atoms with Crippen LogP contribution in [0.25, 0.3) is 11.1 Å². The SMILES string of the molecule is COc1cc(F)c([C@H]2C[C@H](C(=O)OC)C2)cc1-c1ccc(N2CCC2)nc1CN1C(=O)O[C@H](c2cc(C(F)(F)F)cc(C(F)(F)F)c2)[C@@H]1C. The molecule has 49 heavy (non-hydrogen) atoms. The molecule has 0 radical (unpaired) electrons. The second kappa shape index (κ2) is 12.7. The van der Waals surface area contributed by atoms with Gasteiger partial charge >= 0.3 is 24.4 Å². The number of halogens is 7. The molecule has 2 aliphatic heterocycles. The number of carbonyl (C=O) groups excluding carboxylic acids is 2. The highest BCUT2D eigenvalue weighted by Crippen LogP contribution is 2.47. The van der Waals surface area contributed by atoms with Crippen LogP contribution in [0.5, 0.6) is 5.75 Å². The van der Waals surface area contributed by atoms with Gasteiger partial charge in [-0.2, -0.15) is 26.3 Å². The molecule has 2 saturated heterocycles. The van der Waals surface area contributed by atoms with Gasteiger partial charge in [0.15, 0.2) is 0 Å². The molecule has 0 N–H and O–H groups in total. The van der Waals surface area contributed by atoms with E-state index in [9.17, 15) is 35.9 Å². The van der Waals surface area contributed by atoms with E-state index in [1.54, 1.807) is 18.2 Å². The van der Waals surface area contributed by atoms with Gasteiger partial charge in [0.1, 0.15) is 23.5 Å². The van der Waals surface area contributed by atoms with Crippen LogP contribution >= 0.6 is 0 Å². The summed E-state index contributed by atoms with van der Waals surface area (Å²) in [4.78, 5) is 33.2. The van der Waals surface area contributed by atoms with Crippen LogP contribution in [0.2, 0.25) is 0 Å². The normalized spacial score (nSPS) is 22.4. The summed E-state index contributed by atoms with van der Waals surface area (Å²) in [5.41, 5.74) is -1.90. The van der Waals surface area contributed by atoms with Crippen LogP contribution in [0.3, 0.4) is 0 Å². The summed E-state index contributed by atoms with van der Waals surface area (Å²) in [5.74, 6) is -0.761. The summed E-state index contributed by atoms with van der Waals surface area (Å²) in [6.07, 6.45) is -10.9. The molecule has 1 saturated carbocycles. The highest BCUT2D eigenvalue weighted by Gasteiger charge is 2.44. The maximum absolute atomic E-state index is 15.3. The first-order chi connectivity index (χ1) is 23.1. The Labute approximate surface area is 276 Å². The Balaban J connectivity index is 1.37. The lowest BCUT2D eigenvalue weighted by atomic mass is 9.71. The average Bonchev–Trinajstić information content (AvgIpc) is 3.27. The van der Waals surface area contributed by atoms with Crippen LogP contribution < -0.4 is 9.64 Å². The van der Waals surface area contributed by atoms with E-state index >= 15 is 4.39 Å². The van der Waals surface area contributed by atoms with Crippen LogP contribution in [0.1, 0.15) is 66.2 Å². The van der Waals surface area contributed by atoms with Gasteiger partial charge in [-0.3, -0.25) is 9.69 Å². The minimum atomic E-state index is -5.08. The molecule has 262 valence electrons. The second-order valence-corrected chi connectivity index (χ2v) is 12.5. The van der Waals surface area contributed by atoms with Crippen LogP contribution in [0, 0.1) is 11.7 Å². The van der Waals surface area contributed by atoms with Gasteiger partial charge in [-0.15, -0.1) is 0 Å². The van der Waals surface area contributed by atoms with E-state index in [2.05, 4.69) is 0 Å². The second-order valence-electron chi connectivity index (χ2n) is 12.5. The number of anilines is 1. The molecule has 0 bridgehead atoms. The minimum Gasteiger partial charge on any atom is -0.496 e. The molecule has 0 unspecified atom stereocenters. The minimum absolute atomic E-state index is 0.0176. The van der Waals surface area contributed by atoms with Crippen molar-refractivity contribution < 1.29 is 54.5 Å². The Kier molecular flexibility index (Phi) is 8.90.